The van der Waals surface area contributed by atoms with E-state index in [1.54, 1.807) is 0 Å². The van der Waals surface area contributed by atoms with Crippen molar-refractivity contribution in [3.63, 3.8) is 0 Å². The molecular formula is C19H24O13. The average Bonchev–Trinajstić information content (AvgIpc) is 2.72. The summed E-state index contributed by atoms with van der Waals surface area (Å²) in [7, 11) is 0. The van der Waals surface area contributed by atoms with Gasteiger partial charge >= 0.3 is 17.9 Å². The third-order valence-electron chi connectivity index (χ3n) is 4.66. The van der Waals surface area contributed by atoms with Crippen LogP contribution in [0, 0.1) is 0 Å². The van der Waals surface area contributed by atoms with Crippen LogP contribution in [0.4, 0.5) is 0 Å². The summed E-state index contributed by atoms with van der Waals surface area (Å²) in [5.41, 5.74) is -2.36. The number of hydrogen-bond donors (Lipinski definition) is 7. The molecule has 1 aliphatic heterocycles. The molecule has 1 heterocycles. The van der Waals surface area contributed by atoms with Crippen LogP contribution in [0.25, 0.3) is 0 Å². The molecule has 1 fully saturated rings. The number of aliphatic hydroxyl groups is 5. The quantitative estimate of drug-likeness (QED) is 0.181. The number of ether oxygens (including phenoxy) is 3. The fourth-order valence-corrected chi connectivity index (χ4v) is 2.95. The second-order valence-corrected chi connectivity index (χ2v) is 7.21. The molecule has 5 atom stereocenters. The fourth-order valence-electron chi connectivity index (χ4n) is 2.95. The van der Waals surface area contributed by atoms with Gasteiger partial charge in [-0.1, -0.05) is 12.1 Å². The highest BCUT2D eigenvalue weighted by Crippen LogP contribution is 2.25. The first kappa shape index (κ1) is 25.5. The van der Waals surface area contributed by atoms with Gasteiger partial charge in [0.2, 0.25) is 6.29 Å². The summed E-state index contributed by atoms with van der Waals surface area (Å²) in [4.78, 5) is 33.7. The maximum atomic E-state index is 12.1. The van der Waals surface area contributed by atoms with Gasteiger partial charge in [0.1, 0.15) is 36.8 Å². The minimum atomic E-state index is -2.73. The van der Waals surface area contributed by atoms with Crippen LogP contribution in [0.5, 0.6) is 5.75 Å². The third kappa shape index (κ3) is 6.35. The highest BCUT2D eigenvalue weighted by Gasteiger charge is 2.45. The van der Waals surface area contributed by atoms with Gasteiger partial charge in [0.15, 0.2) is 5.60 Å². The highest BCUT2D eigenvalue weighted by molar-refractivity contribution is 5.89. The number of benzene rings is 1. The molecule has 1 saturated heterocycles. The Morgan fingerprint density at radius 2 is 1.50 bits per heavy atom. The van der Waals surface area contributed by atoms with Crippen molar-refractivity contribution in [2.45, 2.75) is 55.8 Å². The van der Waals surface area contributed by atoms with Crippen molar-refractivity contribution in [3.05, 3.63) is 29.8 Å². The van der Waals surface area contributed by atoms with E-state index >= 15 is 0 Å². The molecule has 0 bridgehead atoms. The monoisotopic (exact) mass is 460 g/mol. The molecule has 1 aliphatic rings. The van der Waals surface area contributed by atoms with E-state index in [-0.39, 0.29) is 5.75 Å². The number of carboxylic acid groups (broad SMARTS) is 2. The first-order valence-electron chi connectivity index (χ1n) is 9.36. The zero-order valence-electron chi connectivity index (χ0n) is 16.6. The summed E-state index contributed by atoms with van der Waals surface area (Å²) in [5.74, 6) is -4.43. The lowest BCUT2D eigenvalue weighted by Crippen LogP contribution is -2.60. The Kier molecular flexibility index (Phi) is 8.49. The van der Waals surface area contributed by atoms with Crippen LogP contribution < -0.4 is 4.74 Å². The van der Waals surface area contributed by atoms with Crippen LogP contribution in [-0.4, -0.2) is 96.6 Å². The first-order valence-corrected chi connectivity index (χ1v) is 9.36. The van der Waals surface area contributed by atoms with E-state index in [4.69, 9.17) is 24.4 Å². The van der Waals surface area contributed by atoms with E-state index in [1.165, 1.54) is 24.3 Å². The van der Waals surface area contributed by atoms with Gasteiger partial charge in [-0.2, -0.15) is 0 Å². The van der Waals surface area contributed by atoms with Crippen molar-refractivity contribution in [2.75, 3.05) is 6.61 Å². The van der Waals surface area contributed by atoms with Crippen molar-refractivity contribution in [1.82, 2.24) is 0 Å². The number of carbonyl (C=O) groups excluding carboxylic acids is 1. The van der Waals surface area contributed by atoms with E-state index in [1.807, 2.05) is 0 Å². The summed E-state index contributed by atoms with van der Waals surface area (Å²) in [5, 5.41) is 66.4. The summed E-state index contributed by atoms with van der Waals surface area (Å²) in [6, 6.07) is 5.59. The van der Waals surface area contributed by atoms with Crippen molar-refractivity contribution in [1.29, 1.82) is 0 Å². The van der Waals surface area contributed by atoms with Crippen LogP contribution in [0.2, 0.25) is 0 Å². The summed E-state index contributed by atoms with van der Waals surface area (Å²) >= 11 is 0. The highest BCUT2D eigenvalue weighted by atomic mass is 16.7. The van der Waals surface area contributed by atoms with Gasteiger partial charge in [0.25, 0.3) is 0 Å². The number of hydrogen-bond acceptors (Lipinski definition) is 11. The van der Waals surface area contributed by atoms with Gasteiger partial charge in [-0.25, -0.2) is 4.79 Å². The summed E-state index contributed by atoms with van der Waals surface area (Å²) < 4.78 is 15.5. The maximum absolute atomic E-state index is 12.1. The Hall–Kier alpha value is -2.81. The topological polar surface area (TPSA) is 221 Å². The smallest absolute Gasteiger partial charge is 0.339 e. The standard InChI is InChI=1S/C19H24O13/c20-7-11-14(25)15(26)16(27)17(32-11)31-10-3-1-9(2-4-10)8-30-18(28)19(29,5-12(21)22)6-13(23)24/h1-4,11,14-17,20,25-27,29H,5-8H2,(H,21,22)(H,23,24)/t11-,14-,15+,16-,17-/m1/s1. The molecule has 0 aromatic heterocycles. The Balaban J connectivity index is 1.98. The lowest BCUT2D eigenvalue weighted by Gasteiger charge is -2.39. The number of rotatable bonds is 10. The maximum Gasteiger partial charge on any atom is 0.339 e. The van der Waals surface area contributed by atoms with E-state index < -0.39 is 80.3 Å². The largest absolute Gasteiger partial charge is 0.481 e. The number of aliphatic carboxylic acids is 2. The van der Waals surface area contributed by atoms with Crippen molar-refractivity contribution in [3.8, 4) is 5.75 Å². The number of esters is 1. The molecule has 1 aromatic rings. The second-order valence-electron chi connectivity index (χ2n) is 7.21. The molecule has 0 saturated carbocycles. The van der Waals surface area contributed by atoms with Crippen LogP contribution in [0.1, 0.15) is 18.4 Å². The molecule has 7 N–H and O–H groups in total. The normalized spacial score (nSPS) is 25.7. The van der Waals surface area contributed by atoms with Gasteiger partial charge in [-0.05, 0) is 17.7 Å². The zero-order chi connectivity index (χ0) is 24.1. The van der Waals surface area contributed by atoms with Crippen molar-refractivity contribution < 1.29 is 64.3 Å². The van der Waals surface area contributed by atoms with Crippen LogP contribution >= 0.6 is 0 Å². The van der Waals surface area contributed by atoms with Gasteiger partial charge in [-0.3, -0.25) is 9.59 Å². The van der Waals surface area contributed by atoms with Crippen LogP contribution in [0.3, 0.4) is 0 Å². The molecule has 13 nitrogen and oxygen atoms in total. The predicted molar refractivity (Wildman–Crippen MR) is 100 cm³/mol. The average molecular weight is 460 g/mol. The van der Waals surface area contributed by atoms with Crippen LogP contribution in [0.15, 0.2) is 24.3 Å². The van der Waals surface area contributed by atoms with E-state index in [9.17, 15) is 39.9 Å². The SMILES string of the molecule is O=C(O)CC(O)(CC(=O)O)C(=O)OCc1ccc(O[C@@H]2O[C@H](CO)[C@@H](O)[C@H](O)[C@H]2O)cc1. The van der Waals surface area contributed by atoms with Crippen molar-refractivity contribution >= 4 is 17.9 Å². The Bertz CT molecular complexity index is 790. The number of aliphatic hydroxyl groups excluding tert-OH is 4. The third-order valence-corrected chi connectivity index (χ3v) is 4.66. The minimum Gasteiger partial charge on any atom is -0.481 e. The Morgan fingerprint density at radius 1 is 0.938 bits per heavy atom. The van der Waals surface area contributed by atoms with E-state index in [0.717, 1.165) is 0 Å². The lowest BCUT2D eigenvalue weighted by molar-refractivity contribution is -0.277. The van der Waals surface area contributed by atoms with Gasteiger partial charge in [-0.15, -0.1) is 0 Å². The van der Waals surface area contributed by atoms with Gasteiger partial charge < -0.3 is 50.0 Å². The molecule has 0 unspecified atom stereocenters. The molecule has 0 spiro atoms. The molecule has 178 valence electrons. The lowest BCUT2D eigenvalue weighted by atomic mass is 9.96. The molecule has 32 heavy (non-hydrogen) atoms. The molecule has 1 aromatic carbocycles. The molecule has 0 amide bonds. The molecule has 13 heteroatoms. The second kappa shape index (κ2) is 10.7. The first-order chi connectivity index (χ1) is 15.0. The molecular weight excluding hydrogens is 436 g/mol. The molecule has 0 radical (unpaired) electrons. The zero-order valence-corrected chi connectivity index (χ0v) is 16.6. The van der Waals surface area contributed by atoms with E-state index in [2.05, 4.69) is 0 Å². The van der Waals surface area contributed by atoms with Gasteiger partial charge in [0, 0.05) is 0 Å². The van der Waals surface area contributed by atoms with E-state index in [0.29, 0.717) is 5.56 Å². The number of carbonyl (C=O) groups is 3. The Labute approximate surface area is 181 Å². The summed E-state index contributed by atoms with van der Waals surface area (Å²) in [6.07, 6.45) is -9.58. The molecule has 0 aliphatic carbocycles. The van der Waals surface area contributed by atoms with Crippen LogP contribution in [-0.2, 0) is 30.5 Å². The molecule has 2 rings (SSSR count). The Morgan fingerprint density at radius 3 is 2.00 bits per heavy atom. The summed E-state index contributed by atoms with van der Waals surface area (Å²) in [6.45, 7) is -1.04. The minimum absolute atomic E-state index is 0.151. The fraction of sp³-hybridized carbons (Fsp3) is 0.526. The predicted octanol–water partition coefficient (Wildman–Crippen LogP) is -2.41. The van der Waals surface area contributed by atoms with Crippen molar-refractivity contribution in [2.24, 2.45) is 0 Å². The number of carboxylic acids is 2. The van der Waals surface area contributed by atoms with Gasteiger partial charge in [0.05, 0.1) is 19.4 Å².